The normalized spacial score (nSPS) is 11.4. The van der Waals surface area contributed by atoms with Crippen molar-refractivity contribution in [2.45, 2.75) is 0 Å². The van der Waals surface area contributed by atoms with Crippen molar-refractivity contribution < 1.29 is 8.78 Å². The Hall–Kier alpha value is -3.56. The van der Waals surface area contributed by atoms with E-state index < -0.39 is 11.6 Å². The molecule has 0 bridgehead atoms. The molecule has 0 saturated carbocycles. The molecule has 4 rings (SSSR count). The maximum atomic E-state index is 13.3. The van der Waals surface area contributed by atoms with Gasteiger partial charge in [0.05, 0.1) is 5.69 Å². The lowest BCUT2D eigenvalue weighted by molar-refractivity contribution is 0.509. The molecule has 28 heavy (non-hydrogen) atoms. The predicted octanol–water partition coefficient (Wildman–Crippen LogP) is 6.22. The van der Waals surface area contributed by atoms with E-state index in [1.807, 2.05) is 41.8 Å². The first-order valence-electron chi connectivity index (χ1n) is 8.41. The molecule has 1 aromatic heterocycles. The number of thiazole rings is 1. The predicted molar refractivity (Wildman–Crippen MR) is 109 cm³/mol. The molecule has 0 aliphatic carbocycles. The van der Waals surface area contributed by atoms with E-state index >= 15 is 0 Å². The number of halogens is 2. The van der Waals surface area contributed by atoms with Crippen LogP contribution in [0.25, 0.3) is 27.6 Å². The molecule has 6 heteroatoms. The number of aromatic nitrogens is 1. The smallest absolute Gasteiger partial charge is 0.160 e. The highest BCUT2D eigenvalue weighted by molar-refractivity contribution is 7.11. The van der Waals surface area contributed by atoms with Crippen LogP contribution in [0.15, 0.2) is 72.2 Å². The van der Waals surface area contributed by atoms with Crippen molar-refractivity contribution in [3.63, 3.8) is 0 Å². The maximum absolute atomic E-state index is 13.3. The van der Waals surface area contributed by atoms with Gasteiger partial charge in [-0.1, -0.05) is 36.4 Å². The highest BCUT2D eigenvalue weighted by Gasteiger charge is 2.10. The lowest BCUT2D eigenvalue weighted by Crippen LogP contribution is -1.93. The SMILES string of the molecule is N#CC(=CNc1ccc(F)c(F)c1)c1nc(-c2ccc3ccccc3c2)cs1. The van der Waals surface area contributed by atoms with E-state index in [4.69, 9.17) is 0 Å². The molecule has 3 aromatic carbocycles. The Balaban J connectivity index is 1.60. The summed E-state index contributed by atoms with van der Waals surface area (Å²) in [7, 11) is 0. The maximum Gasteiger partial charge on any atom is 0.160 e. The Labute approximate surface area is 164 Å². The summed E-state index contributed by atoms with van der Waals surface area (Å²) in [6, 6.07) is 19.7. The second kappa shape index (κ2) is 7.59. The fourth-order valence-corrected chi connectivity index (χ4v) is 3.56. The van der Waals surface area contributed by atoms with Gasteiger partial charge in [0.2, 0.25) is 0 Å². The third kappa shape index (κ3) is 3.61. The largest absolute Gasteiger partial charge is 0.360 e. The number of rotatable bonds is 4. The van der Waals surface area contributed by atoms with E-state index in [0.29, 0.717) is 16.3 Å². The molecule has 3 nitrogen and oxygen atoms in total. The van der Waals surface area contributed by atoms with Gasteiger partial charge in [-0.2, -0.15) is 5.26 Å². The standard InChI is InChI=1S/C22H13F2N3S/c23-19-8-7-18(10-20(19)24)26-12-17(11-25)22-27-21(13-28-22)16-6-5-14-3-1-2-4-15(14)9-16/h1-10,12-13,26H. The minimum absolute atomic E-state index is 0.307. The molecule has 0 aliphatic heterocycles. The molecule has 0 unspecified atom stereocenters. The van der Waals surface area contributed by atoms with Crippen LogP contribution in [0.5, 0.6) is 0 Å². The fourth-order valence-electron chi connectivity index (χ4n) is 2.76. The highest BCUT2D eigenvalue weighted by Crippen LogP contribution is 2.28. The third-order valence-corrected chi connectivity index (χ3v) is 5.08. The molecule has 136 valence electrons. The number of benzene rings is 3. The number of fused-ring (bicyclic) bond motifs is 1. The van der Waals surface area contributed by atoms with Gasteiger partial charge in [-0.05, 0) is 29.0 Å². The Morgan fingerprint density at radius 1 is 1.00 bits per heavy atom. The Morgan fingerprint density at radius 3 is 2.61 bits per heavy atom. The van der Waals surface area contributed by atoms with Crippen molar-refractivity contribution >= 4 is 33.4 Å². The molecule has 0 saturated heterocycles. The zero-order valence-electron chi connectivity index (χ0n) is 14.5. The molecule has 0 amide bonds. The van der Waals surface area contributed by atoms with E-state index in [9.17, 15) is 14.0 Å². The monoisotopic (exact) mass is 389 g/mol. The van der Waals surface area contributed by atoms with Crippen LogP contribution in [0.3, 0.4) is 0 Å². The molecule has 1 N–H and O–H groups in total. The second-order valence-corrected chi connectivity index (χ2v) is 6.90. The van der Waals surface area contributed by atoms with Gasteiger partial charge in [0.25, 0.3) is 0 Å². The van der Waals surface area contributed by atoms with Gasteiger partial charge in [0.1, 0.15) is 16.6 Å². The van der Waals surface area contributed by atoms with Crippen LogP contribution < -0.4 is 5.32 Å². The van der Waals surface area contributed by atoms with Crippen molar-refractivity contribution in [2.24, 2.45) is 0 Å². The van der Waals surface area contributed by atoms with Crippen LogP contribution in [0.2, 0.25) is 0 Å². The van der Waals surface area contributed by atoms with Crippen LogP contribution in [-0.4, -0.2) is 4.98 Å². The summed E-state index contributed by atoms with van der Waals surface area (Å²) >= 11 is 1.35. The zero-order valence-corrected chi connectivity index (χ0v) is 15.3. The van der Waals surface area contributed by atoms with Gasteiger partial charge in [0, 0.05) is 28.9 Å². The Morgan fingerprint density at radius 2 is 1.82 bits per heavy atom. The first kappa shape index (κ1) is 17.8. The summed E-state index contributed by atoms with van der Waals surface area (Å²) in [4.78, 5) is 4.56. The summed E-state index contributed by atoms with van der Waals surface area (Å²) in [5, 5.41) is 17.0. The molecule has 1 heterocycles. The molecular formula is C22H13F2N3S. The van der Waals surface area contributed by atoms with E-state index in [-0.39, 0.29) is 0 Å². The molecule has 0 fully saturated rings. The molecule has 0 spiro atoms. The summed E-state index contributed by atoms with van der Waals surface area (Å²) < 4.78 is 26.3. The number of allylic oxidation sites excluding steroid dienone is 1. The van der Waals surface area contributed by atoms with E-state index in [1.165, 1.54) is 23.6 Å². The minimum atomic E-state index is -0.954. The van der Waals surface area contributed by atoms with Crippen LogP contribution in [0, 0.1) is 23.0 Å². The summed E-state index contributed by atoms with van der Waals surface area (Å²) in [5.41, 5.74) is 2.39. The van der Waals surface area contributed by atoms with Gasteiger partial charge in [-0.25, -0.2) is 13.8 Å². The van der Waals surface area contributed by atoms with Gasteiger partial charge in [-0.3, -0.25) is 0 Å². The van der Waals surface area contributed by atoms with E-state index in [0.717, 1.165) is 34.2 Å². The molecule has 0 radical (unpaired) electrons. The number of nitrogens with zero attached hydrogens (tertiary/aromatic N) is 2. The molecule has 0 atom stereocenters. The van der Waals surface area contributed by atoms with Crippen molar-refractivity contribution in [3.8, 4) is 17.3 Å². The topological polar surface area (TPSA) is 48.7 Å². The number of nitriles is 1. The van der Waals surface area contributed by atoms with E-state index in [2.05, 4.69) is 22.4 Å². The average molecular weight is 389 g/mol. The lowest BCUT2D eigenvalue weighted by atomic mass is 10.1. The van der Waals surface area contributed by atoms with Gasteiger partial charge in [-0.15, -0.1) is 11.3 Å². The van der Waals surface area contributed by atoms with Crippen molar-refractivity contribution in [1.82, 2.24) is 4.98 Å². The lowest BCUT2D eigenvalue weighted by Gasteiger charge is -2.02. The second-order valence-electron chi connectivity index (χ2n) is 6.04. The van der Waals surface area contributed by atoms with Gasteiger partial charge < -0.3 is 5.32 Å². The van der Waals surface area contributed by atoms with E-state index in [1.54, 1.807) is 0 Å². The average Bonchev–Trinajstić information content (AvgIpc) is 3.21. The first-order chi connectivity index (χ1) is 13.6. The number of hydrogen-bond donors (Lipinski definition) is 1. The van der Waals surface area contributed by atoms with Crippen molar-refractivity contribution in [2.75, 3.05) is 5.32 Å². The quantitative estimate of drug-likeness (QED) is 0.422. The highest BCUT2D eigenvalue weighted by atomic mass is 32.1. The van der Waals surface area contributed by atoms with Gasteiger partial charge in [0.15, 0.2) is 11.6 Å². The number of anilines is 1. The van der Waals surface area contributed by atoms with Gasteiger partial charge >= 0.3 is 0 Å². The molecule has 0 aliphatic rings. The first-order valence-corrected chi connectivity index (χ1v) is 9.29. The third-order valence-electron chi connectivity index (χ3n) is 4.20. The Kier molecular flexibility index (Phi) is 4.83. The van der Waals surface area contributed by atoms with Crippen molar-refractivity contribution in [1.29, 1.82) is 5.26 Å². The minimum Gasteiger partial charge on any atom is -0.360 e. The summed E-state index contributed by atoms with van der Waals surface area (Å²) in [5.74, 6) is -1.88. The summed E-state index contributed by atoms with van der Waals surface area (Å²) in [6.45, 7) is 0. The number of nitrogens with one attached hydrogen (secondary N) is 1. The summed E-state index contributed by atoms with van der Waals surface area (Å²) in [6.07, 6.45) is 1.44. The van der Waals surface area contributed by atoms with Crippen molar-refractivity contribution in [3.05, 3.63) is 88.9 Å². The van der Waals surface area contributed by atoms with Crippen LogP contribution >= 0.6 is 11.3 Å². The van der Waals surface area contributed by atoms with Crippen LogP contribution in [0.4, 0.5) is 14.5 Å². The molecule has 4 aromatic rings. The zero-order chi connectivity index (χ0) is 19.5. The number of hydrogen-bond acceptors (Lipinski definition) is 4. The molecular weight excluding hydrogens is 376 g/mol. The van der Waals surface area contributed by atoms with Crippen LogP contribution in [0.1, 0.15) is 5.01 Å². The van der Waals surface area contributed by atoms with Crippen LogP contribution in [-0.2, 0) is 0 Å². The Bertz CT molecular complexity index is 1240. The fraction of sp³-hybridized carbons (Fsp3) is 0.